The first-order chi connectivity index (χ1) is 8.79. The van der Waals surface area contributed by atoms with Gasteiger partial charge in [0.15, 0.2) is 0 Å². The van der Waals surface area contributed by atoms with Crippen LogP contribution >= 0.6 is 0 Å². The van der Waals surface area contributed by atoms with Crippen LogP contribution in [0.5, 0.6) is 0 Å². The number of sulfonamides is 1. The molecule has 0 saturated heterocycles. The van der Waals surface area contributed by atoms with Crippen LogP contribution in [0, 0.1) is 5.82 Å². The van der Waals surface area contributed by atoms with Crippen molar-refractivity contribution in [2.45, 2.75) is 23.6 Å². The monoisotopic (exact) mass is 308 g/mol. The van der Waals surface area contributed by atoms with Gasteiger partial charge in [-0.15, -0.1) is 0 Å². The molecule has 1 rings (SSSR count). The van der Waals surface area contributed by atoms with Crippen LogP contribution in [0.15, 0.2) is 23.1 Å². The third-order valence-electron chi connectivity index (χ3n) is 2.70. The van der Waals surface area contributed by atoms with Crippen molar-refractivity contribution in [3.63, 3.8) is 0 Å². The Balaban J connectivity index is 3.01. The SMILES string of the molecule is CC(CNS(=O)(=O)c1cccc(F)c1CN)S(C)=O. The minimum Gasteiger partial charge on any atom is -0.326 e. The van der Waals surface area contributed by atoms with Gasteiger partial charge < -0.3 is 5.73 Å². The van der Waals surface area contributed by atoms with Crippen LogP contribution in [0.3, 0.4) is 0 Å². The Morgan fingerprint density at radius 1 is 1.47 bits per heavy atom. The molecule has 8 heteroatoms. The number of hydrogen-bond acceptors (Lipinski definition) is 4. The largest absolute Gasteiger partial charge is 0.326 e. The van der Waals surface area contributed by atoms with Crippen LogP contribution in [-0.4, -0.2) is 30.7 Å². The van der Waals surface area contributed by atoms with Gasteiger partial charge in [-0.25, -0.2) is 17.5 Å². The maximum absolute atomic E-state index is 13.5. The van der Waals surface area contributed by atoms with Crippen molar-refractivity contribution in [3.8, 4) is 0 Å². The second-order valence-corrected chi connectivity index (χ2v) is 7.62. The van der Waals surface area contributed by atoms with E-state index in [4.69, 9.17) is 5.73 Å². The molecule has 0 bridgehead atoms. The van der Waals surface area contributed by atoms with E-state index >= 15 is 0 Å². The Labute approximate surface area is 114 Å². The second-order valence-electron chi connectivity index (χ2n) is 4.08. The smallest absolute Gasteiger partial charge is 0.241 e. The van der Waals surface area contributed by atoms with E-state index in [2.05, 4.69) is 4.72 Å². The summed E-state index contributed by atoms with van der Waals surface area (Å²) in [5.74, 6) is -0.655. The summed E-state index contributed by atoms with van der Waals surface area (Å²) < 4.78 is 51.1. The Kier molecular flexibility index (Phi) is 5.60. The first-order valence-electron chi connectivity index (χ1n) is 5.59. The number of nitrogens with one attached hydrogen (secondary N) is 1. The molecule has 0 fully saturated rings. The zero-order chi connectivity index (χ0) is 14.6. The van der Waals surface area contributed by atoms with Crippen molar-refractivity contribution in [1.82, 2.24) is 4.72 Å². The third-order valence-corrected chi connectivity index (χ3v) is 5.51. The summed E-state index contributed by atoms with van der Waals surface area (Å²) >= 11 is 0. The lowest BCUT2D eigenvalue weighted by molar-refractivity contribution is 0.570. The highest BCUT2D eigenvalue weighted by molar-refractivity contribution is 7.89. The molecule has 5 nitrogen and oxygen atoms in total. The highest BCUT2D eigenvalue weighted by atomic mass is 32.2. The van der Waals surface area contributed by atoms with Crippen LogP contribution in [-0.2, 0) is 27.4 Å². The van der Waals surface area contributed by atoms with Gasteiger partial charge in [-0.3, -0.25) is 4.21 Å². The predicted molar refractivity (Wildman–Crippen MR) is 73.0 cm³/mol. The standard InChI is InChI=1S/C11H17FN2O3S2/c1-8(18(2)15)7-14-19(16,17)11-5-3-4-10(12)9(11)6-13/h3-5,8,14H,6-7,13H2,1-2H3. The molecular formula is C11H17FN2O3S2. The lowest BCUT2D eigenvalue weighted by atomic mass is 10.2. The summed E-state index contributed by atoms with van der Waals surface area (Å²) in [4.78, 5) is -0.177. The molecule has 0 radical (unpaired) electrons. The van der Waals surface area contributed by atoms with Crippen molar-refractivity contribution < 1.29 is 17.0 Å². The van der Waals surface area contributed by atoms with Gasteiger partial charge in [0.05, 0.1) is 4.90 Å². The van der Waals surface area contributed by atoms with Crippen LogP contribution in [0.4, 0.5) is 4.39 Å². The summed E-state index contributed by atoms with van der Waals surface area (Å²) in [6.07, 6.45) is 1.49. The zero-order valence-electron chi connectivity index (χ0n) is 10.7. The van der Waals surface area contributed by atoms with E-state index in [-0.39, 0.29) is 28.8 Å². The van der Waals surface area contributed by atoms with Gasteiger partial charge in [0.25, 0.3) is 0 Å². The van der Waals surface area contributed by atoms with E-state index in [1.54, 1.807) is 6.92 Å². The molecule has 1 aromatic rings. The Bertz CT molecular complexity index is 575. The van der Waals surface area contributed by atoms with Crippen LogP contribution in [0.2, 0.25) is 0 Å². The summed E-state index contributed by atoms with van der Waals surface area (Å²) in [5.41, 5.74) is 5.32. The van der Waals surface area contributed by atoms with E-state index < -0.39 is 26.6 Å². The maximum Gasteiger partial charge on any atom is 0.241 e. The molecule has 0 saturated carbocycles. The molecule has 1 aromatic carbocycles. The topological polar surface area (TPSA) is 89.3 Å². The molecule has 0 aromatic heterocycles. The highest BCUT2D eigenvalue weighted by Crippen LogP contribution is 2.18. The van der Waals surface area contributed by atoms with Crippen molar-refractivity contribution in [2.75, 3.05) is 12.8 Å². The fourth-order valence-corrected chi connectivity index (χ4v) is 3.22. The third kappa shape index (κ3) is 4.07. The molecule has 0 spiro atoms. The maximum atomic E-state index is 13.5. The molecule has 0 heterocycles. The lowest BCUT2D eigenvalue weighted by Gasteiger charge is -2.13. The van der Waals surface area contributed by atoms with Gasteiger partial charge in [-0.05, 0) is 19.1 Å². The Morgan fingerprint density at radius 2 is 2.11 bits per heavy atom. The molecule has 0 aliphatic heterocycles. The molecular weight excluding hydrogens is 291 g/mol. The zero-order valence-corrected chi connectivity index (χ0v) is 12.4. The van der Waals surface area contributed by atoms with Crippen molar-refractivity contribution in [3.05, 3.63) is 29.6 Å². The minimum atomic E-state index is -3.86. The molecule has 2 unspecified atom stereocenters. The average molecular weight is 308 g/mol. The lowest BCUT2D eigenvalue weighted by Crippen LogP contribution is -2.33. The molecule has 0 amide bonds. The molecule has 0 aliphatic rings. The average Bonchev–Trinajstić information content (AvgIpc) is 2.35. The van der Waals surface area contributed by atoms with Crippen LogP contribution < -0.4 is 10.5 Å². The van der Waals surface area contributed by atoms with E-state index in [1.807, 2.05) is 0 Å². The van der Waals surface area contributed by atoms with Gasteiger partial charge in [0.1, 0.15) is 5.82 Å². The van der Waals surface area contributed by atoms with E-state index in [0.29, 0.717) is 0 Å². The van der Waals surface area contributed by atoms with Crippen LogP contribution in [0.25, 0.3) is 0 Å². The summed E-state index contributed by atoms with van der Waals surface area (Å²) in [6, 6.07) is 3.76. The van der Waals surface area contributed by atoms with Gasteiger partial charge >= 0.3 is 0 Å². The number of benzene rings is 1. The molecule has 2 atom stereocenters. The molecule has 3 N–H and O–H groups in total. The summed E-state index contributed by atoms with van der Waals surface area (Å²) in [7, 11) is -5.00. The van der Waals surface area contributed by atoms with Gasteiger partial charge in [-0.2, -0.15) is 0 Å². The van der Waals surface area contributed by atoms with Crippen molar-refractivity contribution in [2.24, 2.45) is 5.73 Å². The Morgan fingerprint density at radius 3 is 2.63 bits per heavy atom. The van der Waals surface area contributed by atoms with Crippen LogP contribution in [0.1, 0.15) is 12.5 Å². The first-order valence-corrected chi connectivity index (χ1v) is 8.69. The van der Waals surface area contributed by atoms with Crippen molar-refractivity contribution in [1.29, 1.82) is 0 Å². The molecule has 19 heavy (non-hydrogen) atoms. The van der Waals surface area contributed by atoms with E-state index in [9.17, 15) is 17.0 Å². The fraction of sp³-hybridized carbons (Fsp3) is 0.455. The number of rotatable bonds is 6. The number of hydrogen-bond donors (Lipinski definition) is 2. The van der Waals surface area contributed by atoms with Crippen molar-refractivity contribution >= 4 is 20.8 Å². The first kappa shape index (κ1) is 16.2. The van der Waals surface area contributed by atoms with E-state index in [0.717, 1.165) is 6.07 Å². The number of halogens is 1. The molecule has 108 valence electrons. The minimum absolute atomic E-state index is 0.0198. The normalized spacial score (nSPS) is 15.2. The molecule has 0 aliphatic carbocycles. The quantitative estimate of drug-likeness (QED) is 0.792. The van der Waals surface area contributed by atoms with Gasteiger partial charge in [-0.1, -0.05) is 6.07 Å². The number of nitrogens with two attached hydrogens (primary N) is 1. The predicted octanol–water partition coefficient (Wildman–Crippen LogP) is 0.330. The van der Waals surface area contributed by atoms with E-state index in [1.165, 1.54) is 18.4 Å². The summed E-state index contributed by atoms with van der Waals surface area (Å²) in [5, 5.41) is -0.329. The summed E-state index contributed by atoms with van der Waals surface area (Å²) in [6.45, 7) is 1.47. The Hall–Kier alpha value is -0.830. The second kappa shape index (κ2) is 6.56. The fourth-order valence-electron chi connectivity index (χ4n) is 1.41. The van der Waals surface area contributed by atoms with Gasteiger partial charge in [0, 0.05) is 41.0 Å². The van der Waals surface area contributed by atoms with Gasteiger partial charge in [0.2, 0.25) is 10.0 Å². The highest BCUT2D eigenvalue weighted by Gasteiger charge is 2.21.